The first-order chi connectivity index (χ1) is 4.75. The normalized spacial score (nSPS) is 22.5. The summed E-state index contributed by atoms with van der Waals surface area (Å²) in [6.45, 7) is 0. The fourth-order valence-corrected chi connectivity index (χ4v) is 0.608. The second-order valence-corrected chi connectivity index (χ2v) is 1.76. The van der Waals surface area contributed by atoms with Crippen LogP contribution in [-0.4, -0.2) is 25.2 Å². The lowest BCUT2D eigenvalue weighted by molar-refractivity contribution is -0.146. The summed E-state index contributed by atoms with van der Waals surface area (Å²) in [5, 5.41) is 3.39. The van der Waals surface area contributed by atoms with Gasteiger partial charge in [-0.1, -0.05) is 0 Å². The quantitative estimate of drug-likeness (QED) is 0.373. The third kappa shape index (κ3) is 0.975. The molecule has 0 aromatic carbocycles. The fraction of sp³-hybridized carbons (Fsp3) is 0.400. The lowest BCUT2D eigenvalue weighted by Crippen LogP contribution is -2.27. The van der Waals surface area contributed by atoms with Gasteiger partial charge in [-0.3, -0.25) is 9.59 Å². The van der Waals surface area contributed by atoms with Gasteiger partial charge in [0.25, 0.3) is 5.91 Å². The van der Waals surface area contributed by atoms with E-state index < -0.39 is 17.8 Å². The van der Waals surface area contributed by atoms with Crippen molar-refractivity contribution in [1.82, 2.24) is 5.43 Å². The highest BCUT2D eigenvalue weighted by atomic mass is 16.5. The Labute approximate surface area is 57.0 Å². The van der Waals surface area contributed by atoms with Crippen molar-refractivity contribution >= 4 is 18.1 Å². The van der Waals surface area contributed by atoms with Crippen molar-refractivity contribution in [3.8, 4) is 0 Å². The number of carbonyl (C=O) groups is 2. The molecule has 0 spiro atoms. The summed E-state index contributed by atoms with van der Waals surface area (Å²) in [4.78, 5) is 21.3. The Bertz CT molecular complexity index is 199. The van der Waals surface area contributed by atoms with E-state index >= 15 is 0 Å². The number of hydrogen-bond donors (Lipinski definition) is 1. The lowest BCUT2D eigenvalue weighted by atomic mass is 10.2. The standard InChI is InChI=1S/C5H6N2O3/c1-10-5(9)3-2-6-7-4(3)8/h2-3H,1H3,(H,7,8). The topological polar surface area (TPSA) is 67.8 Å². The summed E-state index contributed by atoms with van der Waals surface area (Å²) < 4.78 is 4.31. The molecule has 1 N–H and O–H groups in total. The molecule has 0 bridgehead atoms. The van der Waals surface area contributed by atoms with Crippen molar-refractivity contribution in [3.05, 3.63) is 0 Å². The smallest absolute Gasteiger partial charge is 0.323 e. The van der Waals surface area contributed by atoms with Gasteiger partial charge in [-0.25, -0.2) is 5.43 Å². The maximum absolute atomic E-state index is 10.7. The number of methoxy groups -OCH3 is 1. The Balaban J connectivity index is 2.64. The van der Waals surface area contributed by atoms with Crippen LogP contribution in [0.2, 0.25) is 0 Å². The molecule has 0 saturated carbocycles. The molecular weight excluding hydrogens is 136 g/mol. The van der Waals surface area contributed by atoms with Crippen LogP contribution in [0.15, 0.2) is 5.10 Å². The van der Waals surface area contributed by atoms with Crippen molar-refractivity contribution in [2.75, 3.05) is 7.11 Å². The predicted octanol–water partition coefficient (Wildman–Crippen LogP) is -1.11. The van der Waals surface area contributed by atoms with Crippen LogP contribution in [0, 0.1) is 5.92 Å². The van der Waals surface area contributed by atoms with Gasteiger partial charge in [0.2, 0.25) is 0 Å². The van der Waals surface area contributed by atoms with Crippen molar-refractivity contribution < 1.29 is 14.3 Å². The number of carbonyl (C=O) groups excluding carboxylic acids is 2. The minimum atomic E-state index is -0.856. The monoisotopic (exact) mass is 142 g/mol. The molecule has 0 aromatic heterocycles. The van der Waals surface area contributed by atoms with Crippen molar-refractivity contribution in [1.29, 1.82) is 0 Å². The van der Waals surface area contributed by atoms with Crippen LogP contribution >= 0.6 is 0 Å². The zero-order valence-electron chi connectivity index (χ0n) is 5.33. The van der Waals surface area contributed by atoms with E-state index in [0.29, 0.717) is 0 Å². The summed E-state index contributed by atoms with van der Waals surface area (Å²) in [6, 6.07) is 0. The summed E-state index contributed by atoms with van der Waals surface area (Å²) in [6.07, 6.45) is 1.22. The number of nitrogens with one attached hydrogen (secondary N) is 1. The molecule has 0 fully saturated rings. The molecule has 1 heterocycles. The number of esters is 1. The van der Waals surface area contributed by atoms with Gasteiger partial charge in [0, 0.05) is 6.21 Å². The van der Waals surface area contributed by atoms with E-state index in [2.05, 4.69) is 15.3 Å². The first-order valence-corrected chi connectivity index (χ1v) is 2.66. The Morgan fingerprint density at radius 1 is 1.90 bits per heavy atom. The number of nitrogens with zero attached hydrogens (tertiary/aromatic N) is 1. The molecule has 0 aliphatic carbocycles. The summed E-state index contributed by atoms with van der Waals surface area (Å²) in [7, 11) is 1.22. The maximum atomic E-state index is 10.7. The third-order valence-electron chi connectivity index (χ3n) is 1.14. The van der Waals surface area contributed by atoms with Gasteiger partial charge in [0.05, 0.1) is 7.11 Å². The van der Waals surface area contributed by atoms with E-state index in [4.69, 9.17) is 0 Å². The predicted molar refractivity (Wildman–Crippen MR) is 32.1 cm³/mol. The van der Waals surface area contributed by atoms with Gasteiger partial charge in [-0.05, 0) is 0 Å². The largest absolute Gasteiger partial charge is 0.468 e. The molecule has 0 aromatic rings. The highest BCUT2D eigenvalue weighted by Crippen LogP contribution is 2.00. The van der Waals surface area contributed by atoms with Crippen LogP contribution in [0.1, 0.15) is 0 Å². The molecule has 0 saturated heterocycles. The average Bonchev–Trinajstić information content (AvgIpc) is 2.34. The van der Waals surface area contributed by atoms with Crippen molar-refractivity contribution in [3.63, 3.8) is 0 Å². The Morgan fingerprint density at radius 2 is 2.60 bits per heavy atom. The van der Waals surface area contributed by atoms with Crippen molar-refractivity contribution in [2.45, 2.75) is 0 Å². The Kier molecular flexibility index (Phi) is 1.66. The van der Waals surface area contributed by atoms with Gasteiger partial charge in [-0.15, -0.1) is 0 Å². The summed E-state index contributed by atoms with van der Waals surface area (Å²) >= 11 is 0. The summed E-state index contributed by atoms with van der Waals surface area (Å²) in [5.74, 6) is -1.88. The molecule has 54 valence electrons. The van der Waals surface area contributed by atoms with Crippen LogP contribution in [-0.2, 0) is 14.3 Å². The van der Waals surface area contributed by atoms with Crippen molar-refractivity contribution in [2.24, 2.45) is 11.0 Å². The Morgan fingerprint density at radius 3 is 3.00 bits per heavy atom. The highest BCUT2D eigenvalue weighted by Gasteiger charge is 2.28. The van der Waals surface area contributed by atoms with Crippen LogP contribution in [0.25, 0.3) is 0 Å². The maximum Gasteiger partial charge on any atom is 0.323 e. The van der Waals surface area contributed by atoms with E-state index in [9.17, 15) is 9.59 Å². The minimum Gasteiger partial charge on any atom is -0.468 e. The van der Waals surface area contributed by atoms with E-state index in [1.165, 1.54) is 13.3 Å². The van der Waals surface area contributed by atoms with Gasteiger partial charge in [0.1, 0.15) is 0 Å². The van der Waals surface area contributed by atoms with E-state index in [1.54, 1.807) is 0 Å². The van der Waals surface area contributed by atoms with Gasteiger partial charge in [-0.2, -0.15) is 5.10 Å². The molecule has 1 rings (SSSR count). The highest BCUT2D eigenvalue weighted by molar-refractivity contribution is 6.13. The van der Waals surface area contributed by atoms with E-state index in [-0.39, 0.29) is 0 Å². The summed E-state index contributed by atoms with van der Waals surface area (Å²) in [5.41, 5.74) is 2.11. The second kappa shape index (κ2) is 2.47. The fourth-order valence-electron chi connectivity index (χ4n) is 0.608. The molecular formula is C5H6N2O3. The molecule has 1 unspecified atom stereocenters. The molecule has 1 aliphatic heterocycles. The lowest BCUT2D eigenvalue weighted by Gasteiger charge is -1.99. The van der Waals surface area contributed by atoms with Crippen LogP contribution in [0.5, 0.6) is 0 Å². The molecule has 1 atom stereocenters. The average molecular weight is 142 g/mol. The van der Waals surface area contributed by atoms with Gasteiger partial charge < -0.3 is 4.74 Å². The van der Waals surface area contributed by atoms with Crippen LogP contribution in [0.3, 0.4) is 0 Å². The minimum absolute atomic E-state index is 0.438. The van der Waals surface area contributed by atoms with Gasteiger partial charge >= 0.3 is 5.97 Å². The Hall–Kier alpha value is -1.39. The van der Waals surface area contributed by atoms with Crippen LogP contribution in [0.4, 0.5) is 0 Å². The molecule has 0 radical (unpaired) electrons. The third-order valence-corrected chi connectivity index (χ3v) is 1.14. The number of hydrazone groups is 1. The number of rotatable bonds is 1. The van der Waals surface area contributed by atoms with Gasteiger partial charge in [0.15, 0.2) is 5.92 Å². The second-order valence-electron chi connectivity index (χ2n) is 1.76. The molecule has 1 amide bonds. The molecule has 10 heavy (non-hydrogen) atoms. The number of ether oxygens (including phenoxy) is 1. The zero-order chi connectivity index (χ0) is 7.56. The zero-order valence-corrected chi connectivity index (χ0v) is 5.33. The molecule has 5 heteroatoms. The number of amides is 1. The molecule has 1 aliphatic rings. The van der Waals surface area contributed by atoms with E-state index in [1.807, 2.05) is 0 Å². The molecule has 5 nitrogen and oxygen atoms in total. The first-order valence-electron chi connectivity index (χ1n) is 2.66. The SMILES string of the molecule is COC(=O)C1C=NNC1=O. The van der Waals surface area contributed by atoms with E-state index in [0.717, 1.165) is 0 Å². The number of hydrogen-bond acceptors (Lipinski definition) is 4. The van der Waals surface area contributed by atoms with Crippen LogP contribution < -0.4 is 5.43 Å². The first kappa shape index (κ1) is 6.73.